The number of hydrogen-bond donors (Lipinski definition) is 2. The third-order valence-electron chi connectivity index (χ3n) is 5.47. The maximum atomic E-state index is 13.2. The number of ketones is 1. The first-order valence-corrected chi connectivity index (χ1v) is 10.6. The third kappa shape index (κ3) is 3.74. The highest BCUT2D eigenvalue weighted by Gasteiger charge is 2.47. The number of benzene rings is 3. The van der Waals surface area contributed by atoms with Crippen LogP contribution in [0.2, 0.25) is 10.0 Å². The second-order valence-corrected chi connectivity index (χ2v) is 8.52. The Morgan fingerprint density at radius 1 is 0.969 bits per heavy atom. The lowest BCUT2D eigenvalue weighted by molar-refractivity contribution is -0.132. The van der Waals surface area contributed by atoms with Crippen LogP contribution in [0.15, 0.2) is 66.2 Å². The fourth-order valence-corrected chi connectivity index (χ4v) is 4.24. The summed E-state index contributed by atoms with van der Waals surface area (Å²) in [6.07, 6.45) is 0. The van der Waals surface area contributed by atoms with Crippen molar-refractivity contribution in [1.29, 1.82) is 0 Å². The van der Waals surface area contributed by atoms with Crippen molar-refractivity contribution in [3.05, 3.63) is 98.5 Å². The van der Waals surface area contributed by atoms with Crippen LogP contribution in [0.3, 0.4) is 0 Å². The number of aliphatic hydroxyl groups excluding tert-OH is 1. The molecule has 32 heavy (non-hydrogen) atoms. The van der Waals surface area contributed by atoms with Gasteiger partial charge >= 0.3 is 0 Å². The molecule has 3 aromatic carbocycles. The normalized spacial score (nSPS) is 17.8. The van der Waals surface area contributed by atoms with E-state index in [0.29, 0.717) is 21.8 Å². The summed E-state index contributed by atoms with van der Waals surface area (Å²) in [4.78, 5) is 27.6. The van der Waals surface area contributed by atoms with Crippen LogP contribution >= 0.6 is 23.2 Å². The Morgan fingerprint density at radius 3 is 2.41 bits per heavy atom. The Labute approximate surface area is 195 Å². The number of aliphatic hydroxyl groups is 1. The van der Waals surface area contributed by atoms with E-state index in [9.17, 15) is 19.8 Å². The predicted octanol–water partition coefficient (Wildman–Crippen LogP) is 5.94. The molecule has 0 radical (unpaired) electrons. The number of Topliss-reactive ketones (excluding diaryl/α,β-unsaturated/α-hetero) is 1. The number of phenols is 1. The molecule has 0 aliphatic carbocycles. The summed E-state index contributed by atoms with van der Waals surface area (Å²) < 4.78 is 0. The average Bonchev–Trinajstić information content (AvgIpc) is 3.02. The maximum Gasteiger partial charge on any atom is 0.300 e. The van der Waals surface area contributed by atoms with Crippen molar-refractivity contribution in [1.82, 2.24) is 0 Å². The van der Waals surface area contributed by atoms with E-state index in [1.807, 2.05) is 26.0 Å². The molecule has 5 nitrogen and oxygen atoms in total. The number of rotatable bonds is 3. The van der Waals surface area contributed by atoms with Crippen LogP contribution in [0.25, 0.3) is 5.76 Å². The zero-order valence-electron chi connectivity index (χ0n) is 17.3. The first-order valence-electron chi connectivity index (χ1n) is 9.81. The van der Waals surface area contributed by atoms with Gasteiger partial charge in [-0.15, -0.1) is 0 Å². The van der Waals surface area contributed by atoms with Crippen LogP contribution < -0.4 is 4.90 Å². The maximum absolute atomic E-state index is 13.2. The summed E-state index contributed by atoms with van der Waals surface area (Å²) in [5.74, 6) is -2.03. The van der Waals surface area contributed by atoms with Crippen molar-refractivity contribution in [2.45, 2.75) is 19.9 Å². The standard InChI is InChI=1S/C25H19Cl2NO4/c1-13-6-7-14(2)18(10-13)23(30)21-22(15-8-9-20(29)19(27)11-15)28(25(32)24(21)31)17-5-3-4-16(26)12-17/h3-12,22,29-30H,1-2H3/b23-21+. The minimum atomic E-state index is -0.966. The molecule has 7 heteroatoms. The van der Waals surface area contributed by atoms with E-state index in [2.05, 4.69) is 0 Å². The van der Waals surface area contributed by atoms with Gasteiger partial charge in [-0.3, -0.25) is 14.5 Å². The molecule has 1 fully saturated rings. The molecular formula is C25H19Cl2NO4. The lowest BCUT2D eigenvalue weighted by Gasteiger charge is -2.26. The molecule has 3 aromatic rings. The van der Waals surface area contributed by atoms with Gasteiger partial charge in [0.05, 0.1) is 16.6 Å². The van der Waals surface area contributed by atoms with Gasteiger partial charge in [0.15, 0.2) is 0 Å². The highest BCUT2D eigenvalue weighted by atomic mass is 35.5. The van der Waals surface area contributed by atoms with Crippen molar-refractivity contribution in [2.75, 3.05) is 4.90 Å². The molecule has 162 valence electrons. The fraction of sp³-hybridized carbons (Fsp3) is 0.120. The second kappa shape index (κ2) is 8.34. The SMILES string of the molecule is Cc1ccc(C)c(/C(O)=C2\C(=O)C(=O)N(c3cccc(Cl)c3)C2c2ccc(O)c(Cl)c2)c1. The Morgan fingerprint density at radius 2 is 1.72 bits per heavy atom. The van der Waals surface area contributed by atoms with E-state index in [0.717, 1.165) is 11.1 Å². The van der Waals surface area contributed by atoms with E-state index < -0.39 is 17.7 Å². The van der Waals surface area contributed by atoms with Gasteiger partial charge in [-0.05, 0) is 61.4 Å². The van der Waals surface area contributed by atoms with Gasteiger partial charge in [-0.25, -0.2) is 0 Å². The second-order valence-electron chi connectivity index (χ2n) is 7.68. The number of nitrogens with zero attached hydrogens (tertiary/aromatic N) is 1. The minimum Gasteiger partial charge on any atom is -0.507 e. The summed E-state index contributed by atoms with van der Waals surface area (Å²) in [6, 6.07) is 15.5. The number of halogens is 2. The van der Waals surface area contributed by atoms with Crippen molar-refractivity contribution in [3.63, 3.8) is 0 Å². The molecule has 1 heterocycles. The third-order valence-corrected chi connectivity index (χ3v) is 6.00. The molecule has 0 bridgehead atoms. The number of anilines is 1. The van der Waals surface area contributed by atoms with Crippen LogP contribution in [-0.2, 0) is 9.59 Å². The van der Waals surface area contributed by atoms with Crippen molar-refractivity contribution in [3.8, 4) is 5.75 Å². The quantitative estimate of drug-likeness (QED) is 0.283. The summed E-state index contributed by atoms with van der Waals surface area (Å²) in [7, 11) is 0. The number of hydrogen-bond acceptors (Lipinski definition) is 4. The monoisotopic (exact) mass is 467 g/mol. The highest BCUT2D eigenvalue weighted by molar-refractivity contribution is 6.52. The number of aromatic hydroxyl groups is 1. The van der Waals surface area contributed by atoms with Crippen LogP contribution in [0, 0.1) is 13.8 Å². The first-order chi connectivity index (χ1) is 15.2. The van der Waals surface area contributed by atoms with E-state index >= 15 is 0 Å². The zero-order valence-corrected chi connectivity index (χ0v) is 18.8. The summed E-state index contributed by atoms with van der Waals surface area (Å²) >= 11 is 12.3. The minimum absolute atomic E-state index is 0.0610. The predicted molar refractivity (Wildman–Crippen MR) is 125 cm³/mol. The van der Waals surface area contributed by atoms with E-state index in [4.69, 9.17) is 23.2 Å². The van der Waals surface area contributed by atoms with Crippen LogP contribution in [-0.4, -0.2) is 21.9 Å². The number of amides is 1. The Balaban J connectivity index is 2.01. The average molecular weight is 468 g/mol. The van der Waals surface area contributed by atoms with Gasteiger partial charge in [0, 0.05) is 16.3 Å². The smallest absolute Gasteiger partial charge is 0.300 e. The van der Waals surface area contributed by atoms with Crippen molar-refractivity contribution >= 4 is 46.3 Å². The van der Waals surface area contributed by atoms with Crippen LogP contribution in [0.5, 0.6) is 5.75 Å². The fourth-order valence-electron chi connectivity index (χ4n) is 3.87. The Bertz CT molecular complexity index is 1300. The molecule has 1 aliphatic heterocycles. The molecule has 0 aromatic heterocycles. The van der Waals surface area contributed by atoms with E-state index in [1.54, 1.807) is 36.4 Å². The highest BCUT2D eigenvalue weighted by Crippen LogP contribution is 2.44. The topological polar surface area (TPSA) is 77.8 Å². The van der Waals surface area contributed by atoms with Gasteiger partial charge < -0.3 is 10.2 Å². The molecule has 4 rings (SSSR count). The number of aryl methyl sites for hydroxylation is 2. The van der Waals surface area contributed by atoms with Gasteiger partial charge in [-0.2, -0.15) is 0 Å². The molecule has 2 N–H and O–H groups in total. The van der Waals surface area contributed by atoms with Gasteiger partial charge in [0.1, 0.15) is 11.5 Å². The molecule has 0 saturated carbocycles. The largest absolute Gasteiger partial charge is 0.507 e. The van der Waals surface area contributed by atoms with Crippen LogP contribution in [0.4, 0.5) is 5.69 Å². The van der Waals surface area contributed by atoms with Gasteiger partial charge in [0.2, 0.25) is 0 Å². The van der Waals surface area contributed by atoms with Crippen molar-refractivity contribution in [2.24, 2.45) is 0 Å². The van der Waals surface area contributed by atoms with Crippen molar-refractivity contribution < 1.29 is 19.8 Å². The molecule has 1 aliphatic rings. The number of carbonyl (C=O) groups excluding carboxylic acids is 2. The Hall–Kier alpha value is -3.28. The molecule has 1 atom stereocenters. The van der Waals surface area contributed by atoms with Gasteiger partial charge in [0.25, 0.3) is 11.7 Å². The molecule has 1 unspecified atom stereocenters. The molecule has 1 saturated heterocycles. The Kier molecular flexibility index (Phi) is 5.71. The van der Waals surface area contributed by atoms with E-state index in [-0.39, 0.29) is 22.1 Å². The summed E-state index contributed by atoms with van der Waals surface area (Å²) in [5.41, 5.74) is 2.90. The zero-order chi connectivity index (χ0) is 23.2. The summed E-state index contributed by atoms with van der Waals surface area (Å²) in [5, 5.41) is 21.6. The van der Waals surface area contributed by atoms with Crippen LogP contribution in [0.1, 0.15) is 28.3 Å². The molecule has 1 amide bonds. The number of phenolic OH excluding ortho intramolecular Hbond substituents is 1. The first kappa shape index (κ1) is 21.9. The molecular weight excluding hydrogens is 449 g/mol. The van der Waals surface area contributed by atoms with Gasteiger partial charge in [-0.1, -0.05) is 53.0 Å². The lowest BCUT2D eigenvalue weighted by Crippen LogP contribution is -2.29. The number of carbonyl (C=O) groups is 2. The van der Waals surface area contributed by atoms with E-state index in [1.165, 1.54) is 17.0 Å². The summed E-state index contributed by atoms with van der Waals surface area (Å²) in [6.45, 7) is 3.69. The molecule has 0 spiro atoms. The lowest BCUT2D eigenvalue weighted by atomic mass is 9.93.